The number of phenols is 4. The van der Waals surface area contributed by atoms with Crippen molar-refractivity contribution < 1.29 is 40.1 Å². The summed E-state index contributed by atoms with van der Waals surface area (Å²) in [6.07, 6.45) is 0. The molecule has 0 heterocycles. The third-order valence-corrected chi connectivity index (χ3v) is 10.7. The Morgan fingerprint density at radius 2 is 0.450 bits per heavy atom. The topological polar surface area (TPSA) is 93.3 Å². The van der Waals surface area contributed by atoms with Crippen LogP contribution >= 0.6 is 0 Å². The van der Waals surface area contributed by atoms with E-state index in [1.165, 1.54) is 0 Å². The van der Waals surface area contributed by atoms with E-state index >= 15 is 0 Å². The van der Waals surface area contributed by atoms with Crippen molar-refractivity contribution >= 4 is 5.69 Å². The third kappa shape index (κ3) is 17.0. The van der Waals surface area contributed by atoms with E-state index in [0.29, 0.717) is 70.3 Å². The van der Waals surface area contributed by atoms with E-state index in [1.54, 1.807) is 19.6 Å². The number of phenolic OH excluding ortho intramolecular Hbond substituents is 4. The Morgan fingerprint density at radius 3 is 0.567 bits per heavy atom. The molecule has 0 unspecified atom stereocenters. The average Bonchev–Trinajstić information content (AvgIpc) is 3.18. The first kappa shape index (κ1) is 53.8. The molecule has 5 aromatic carbocycles. The molecule has 0 aliphatic rings. The van der Waals surface area contributed by atoms with Gasteiger partial charge < -0.3 is 20.4 Å². The van der Waals surface area contributed by atoms with E-state index in [2.05, 4.69) is 114 Å². The molecule has 5 rings (SSSR count). The Labute approximate surface area is 376 Å². The molecule has 0 radical (unpaired) electrons. The first-order valence-electron chi connectivity index (χ1n) is 21.7. The zero-order valence-electron chi connectivity index (χ0n) is 39.6. The quantitative estimate of drug-likeness (QED) is 0.111. The Balaban J connectivity index is 0.000000378. The Kier molecular flexibility index (Phi) is 24.1. The Bertz CT molecular complexity index is 1640. The number of rotatable bonds is 9. The van der Waals surface area contributed by atoms with Crippen molar-refractivity contribution in [2.45, 2.75) is 158 Å². The van der Waals surface area contributed by atoms with Crippen LogP contribution in [-0.2, 0) is 19.6 Å². The van der Waals surface area contributed by atoms with Gasteiger partial charge in [-0.3, -0.25) is 0 Å². The summed E-state index contributed by atoms with van der Waals surface area (Å²) >= 11 is 1.72. The van der Waals surface area contributed by atoms with Crippen molar-refractivity contribution in [2.75, 3.05) is 0 Å². The van der Waals surface area contributed by atoms with Crippen LogP contribution < -0.4 is 0 Å². The molecule has 0 fully saturated rings. The van der Waals surface area contributed by atoms with E-state index in [4.69, 9.17) is 0 Å². The molecule has 0 atom stereocenters. The van der Waals surface area contributed by atoms with E-state index in [0.717, 1.165) is 50.2 Å². The number of nitrogens with zero attached hydrogens (tertiary/aromatic N) is 1. The molecule has 0 spiro atoms. The van der Waals surface area contributed by atoms with E-state index < -0.39 is 0 Å². The second-order valence-electron chi connectivity index (χ2n) is 17.8. The fourth-order valence-electron chi connectivity index (χ4n) is 6.54. The first-order valence-corrected chi connectivity index (χ1v) is 22.6. The van der Waals surface area contributed by atoms with Crippen molar-refractivity contribution in [2.24, 2.45) is 3.50 Å². The van der Waals surface area contributed by atoms with Crippen LogP contribution in [0.15, 0.2) is 107 Å². The predicted molar refractivity (Wildman–Crippen MR) is 254 cm³/mol. The van der Waals surface area contributed by atoms with Crippen LogP contribution in [0.4, 0.5) is 5.69 Å². The number of hydrogen-bond donors (Lipinski definition) is 4. The first-order chi connectivity index (χ1) is 28.1. The van der Waals surface area contributed by atoms with Gasteiger partial charge in [0, 0.05) is 0 Å². The van der Waals surface area contributed by atoms with Crippen molar-refractivity contribution in [3.05, 3.63) is 148 Å². The van der Waals surface area contributed by atoms with Gasteiger partial charge in [-0.1, -0.05) is 184 Å². The van der Waals surface area contributed by atoms with E-state index in [1.807, 2.05) is 103 Å². The maximum atomic E-state index is 9.93. The summed E-state index contributed by atoms with van der Waals surface area (Å²) in [6.45, 7) is 33.5. The van der Waals surface area contributed by atoms with Gasteiger partial charge in [-0.15, -0.1) is 0 Å². The van der Waals surface area contributed by atoms with Gasteiger partial charge >= 0.3 is 59.1 Å². The summed E-state index contributed by atoms with van der Waals surface area (Å²) in [5.74, 6) is 5.02. The number of aromatic hydroxyl groups is 4. The van der Waals surface area contributed by atoms with Crippen LogP contribution in [0, 0.1) is 0 Å². The summed E-state index contributed by atoms with van der Waals surface area (Å²) in [7, 11) is 0. The zero-order chi connectivity index (χ0) is 45.9. The normalized spacial score (nSPS) is 10.9. The molecular weight excluding hydrogens is 823 g/mol. The van der Waals surface area contributed by atoms with Crippen molar-refractivity contribution in [1.82, 2.24) is 0 Å². The van der Waals surface area contributed by atoms with Crippen LogP contribution in [0.3, 0.4) is 0 Å². The molecule has 0 aliphatic heterocycles. The Hall–Kier alpha value is -4.21. The summed E-state index contributed by atoms with van der Waals surface area (Å²) < 4.78 is 3.98. The molecule has 0 amide bonds. The van der Waals surface area contributed by atoms with Crippen LogP contribution in [0.5, 0.6) is 23.0 Å². The number of hydrogen-bond acceptors (Lipinski definition) is 5. The SMILES string of the molecule is CC(C)c1cccc(C(C)C)c1O.CC(C)c1cccc(C(C)C)c1O.CC(C)c1cccc(C(C)C)c1O.CC(C)c1cccc(C(C)C)c1O.[Mo]=[N]c1ccccc1. The van der Waals surface area contributed by atoms with Crippen LogP contribution in [0.1, 0.15) is 203 Å². The molecule has 0 saturated carbocycles. The minimum absolute atomic E-state index is 0.388. The summed E-state index contributed by atoms with van der Waals surface area (Å²) in [5.41, 5.74) is 9.42. The standard InChI is InChI=1S/4C12H18O.C6H5N.Mo/c4*1-8(2)10-6-5-7-11(9(3)4)12(10)13;7-6-4-2-1-3-5-6;/h4*5-9,13H,1-4H3;1-5H;. The third-order valence-electron chi connectivity index (χ3n) is 10.2. The van der Waals surface area contributed by atoms with Gasteiger partial charge in [0.2, 0.25) is 0 Å². The van der Waals surface area contributed by atoms with Gasteiger partial charge in [0.25, 0.3) is 0 Å². The molecule has 0 aromatic heterocycles. The van der Waals surface area contributed by atoms with Gasteiger partial charge in [-0.25, -0.2) is 0 Å². The molecule has 0 bridgehead atoms. The van der Waals surface area contributed by atoms with Gasteiger partial charge in [0.05, 0.1) is 0 Å². The fraction of sp³-hybridized carbons (Fsp3) is 0.444. The molecule has 4 N–H and O–H groups in total. The molecule has 0 saturated heterocycles. The van der Waals surface area contributed by atoms with Gasteiger partial charge in [0.15, 0.2) is 0 Å². The van der Waals surface area contributed by atoms with E-state index in [-0.39, 0.29) is 0 Å². The number of para-hydroxylation sites is 4. The molecule has 0 aliphatic carbocycles. The van der Waals surface area contributed by atoms with Crippen LogP contribution in [0.25, 0.3) is 0 Å². The van der Waals surface area contributed by atoms with Crippen LogP contribution in [-0.4, -0.2) is 20.4 Å². The fourth-order valence-corrected chi connectivity index (χ4v) is 6.84. The van der Waals surface area contributed by atoms with Crippen LogP contribution in [0.2, 0.25) is 0 Å². The average molecular weight is 900 g/mol. The van der Waals surface area contributed by atoms with Gasteiger partial charge in [0.1, 0.15) is 23.0 Å². The molecule has 6 heteroatoms. The predicted octanol–water partition coefficient (Wildman–Crippen LogP) is 16.6. The molecule has 60 heavy (non-hydrogen) atoms. The summed E-state index contributed by atoms with van der Waals surface area (Å²) in [4.78, 5) is 0. The number of benzene rings is 5. The molecule has 328 valence electrons. The monoisotopic (exact) mass is 901 g/mol. The van der Waals surface area contributed by atoms with Crippen molar-refractivity contribution in [3.8, 4) is 23.0 Å². The summed E-state index contributed by atoms with van der Waals surface area (Å²) in [6, 6.07) is 33.9. The second-order valence-corrected chi connectivity index (χ2v) is 18.3. The second kappa shape index (κ2) is 26.9. The summed E-state index contributed by atoms with van der Waals surface area (Å²) in [5, 5.41) is 39.7. The van der Waals surface area contributed by atoms with Crippen molar-refractivity contribution in [1.29, 1.82) is 0 Å². The molecule has 5 nitrogen and oxygen atoms in total. The van der Waals surface area contributed by atoms with Crippen molar-refractivity contribution in [3.63, 3.8) is 0 Å². The maximum absolute atomic E-state index is 9.93. The Morgan fingerprint density at radius 1 is 0.283 bits per heavy atom. The molecule has 5 aromatic rings. The molecular formula is C54H77MoNO4. The van der Waals surface area contributed by atoms with Gasteiger partial charge in [-0.05, 0) is 91.9 Å². The zero-order valence-corrected chi connectivity index (χ0v) is 41.6. The van der Waals surface area contributed by atoms with E-state index in [9.17, 15) is 20.4 Å². The minimum atomic E-state index is 0.388. The van der Waals surface area contributed by atoms with Gasteiger partial charge in [-0.2, -0.15) is 0 Å².